The van der Waals surface area contributed by atoms with Crippen LogP contribution in [0, 0.1) is 0 Å². The second-order valence-electron chi connectivity index (χ2n) is 4.18. The van der Waals surface area contributed by atoms with Gasteiger partial charge >= 0.3 is 5.97 Å². The van der Waals surface area contributed by atoms with Gasteiger partial charge in [0.2, 0.25) is 0 Å². The average molecular weight is 251 g/mol. The summed E-state index contributed by atoms with van der Waals surface area (Å²) in [6.07, 6.45) is 0.861. The lowest BCUT2D eigenvalue weighted by atomic mass is 10.1. The molecule has 0 aliphatic rings. The molecule has 0 heterocycles. The Kier molecular flexibility index (Phi) is 6.22. The fourth-order valence-corrected chi connectivity index (χ4v) is 1.70. The number of carboxylic acid groups (broad SMARTS) is 1. The summed E-state index contributed by atoms with van der Waals surface area (Å²) in [5, 5.41) is 11.8. The largest absolute Gasteiger partial charge is 0.494 e. The van der Waals surface area contributed by atoms with Crippen molar-refractivity contribution in [1.29, 1.82) is 0 Å². The highest BCUT2D eigenvalue weighted by Crippen LogP contribution is 2.17. The number of aliphatic carboxylic acids is 1. The van der Waals surface area contributed by atoms with E-state index in [2.05, 4.69) is 12.2 Å². The maximum absolute atomic E-state index is 10.4. The van der Waals surface area contributed by atoms with Gasteiger partial charge in [-0.2, -0.15) is 0 Å². The molecule has 0 aromatic heterocycles. The molecule has 0 aliphatic heterocycles. The third-order valence-electron chi connectivity index (χ3n) is 2.71. The number of rotatable bonds is 8. The van der Waals surface area contributed by atoms with Crippen LogP contribution in [0.2, 0.25) is 0 Å². The Hall–Kier alpha value is -1.55. The number of ether oxygens (including phenoxy) is 1. The van der Waals surface area contributed by atoms with Crippen LogP contribution in [0.25, 0.3) is 0 Å². The topological polar surface area (TPSA) is 58.6 Å². The number of benzene rings is 1. The van der Waals surface area contributed by atoms with Crippen LogP contribution in [-0.2, 0) is 4.79 Å². The van der Waals surface area contributed by atoms with Crippen molar-refractivity contribution in [2.24, 2.45) is 0 Å². The molecule has 1 unspecified atom stereocenters. The average Bonchev–Trinajstić information content (AvgIpc) is 2.35. The minimum Gasteiger partial charge on any atom is -0.494 e. The van der Waals surface area contributed by atoms with Gasteiger partial charge in [-0.1, -0.05) is 12.1 Å². The highest BCUT2D eigenvalue weighted by molar-refractivity contribution is 5.66. The molecule has 1 atom stereocenters. The van der Waals surface area contributed by atoms with Crippen LogP contribution >= 0.6 is 0 Å². The van der Waals surface area contributed by atoms with Gasteiger partial charge in [0.25, 0.3) is 0 Å². The molecule has 0 fully saturated rings. The molecule has 2 N–H and O–H groups in total. The van der Waals surface area contributed by atoms with E-state index in [1.807, 2.05) is 31.2 Å². The molecule has 0 saturated heterocycles. The Labute approximate surface area is 108 Å². The van der Waals surface area contributed by atoms with Gasteiger partial charge in [-0.3, -0.25) is 4.79 Å². The Balaban J connectivity index is 2.36. The van der Waals surface area contributed by atoms with E-state index < -0.39 is 5.97 Å². The molecular weight excluding hydrogens is 230 g/mol. The predicted molar refractivity (Wildman–Crippen MR) is 70.9 cm³/mol. The second kappa shape index (κ2) is 7.71. The SMILES string of the molecule is CCOc1ccc(C(C)NCCCC(=O)O)cc1. The molecule has 1 rings (SSSR count). The summed E-state index contributed by atoms with van der Waals surface area (Å²) in [6, 6.07) is 8.18. The van der Waals surface area contributed by atoms with E-state index in [0.29, 0.717) is 19.6 Å². The Morgan fingerprint density at radius 2 is 2.06 bits per heavy atom. The summed E-state index contributed by atoms with van der Waals surface area (Å²) in [4.78, 5) is 10.4. The van der Waals surface area contributed by atoms with Gasteiger partial charge in [-0.25, -0.2) is 0 Å². The highest BCUT2D eigenvalue weighted by atomic mass is 16.5. The van der Waals surface area contributed by atoms with E-state index in [4.69, 9.17) is 9.84 Å². The lowest BCUT2D eigenvalue weighted by Crippen LogP contribution is -2.20. The van der Waals surface area contributed by atoms with E-state index in [0.717, 1.165) is 5.75 Å². The van der Waals surface area contributed by atoms with Crippen molar-refractivity contribution >= 4 is 5.97 Å². The molecule has 0 radical (unpaired) electrons. The van der Waals surface area contributed by atoms with Gasteiger partial charge < -0.3 is 15.2 Å². The number of hydrogen-bond acceptors (Lipinski definition) is 3. The molecule has 0 spiro atoms. The first-order valence-corrected chi connectivity index (χ1v) is 6.31. The quantitative estimate of drug-likeness (QED) is 0.697. The summed E-state index contributed by atoms with van der Waals surface area (Å²) in [5.41, 5.74) is 1.17. The Bertz CT molecular complexity index is 362. The third-order valence-corrected chi connectivity index (χ3v) is 2.71. The monoisotopic (exact) mass is 251 g/mol. The Morgan fingerprint density at radius 1 is 1.39 bits per heavy atom. The minimum absolute atomic E-state index is 0.211. The first-order chi connectivity index (χ1) is 8.63. The van der Waals surface area contributed by atoms with E-state index in [9.17, 15) is 4.79 Å². The molecule has 0 bridgehead atoms. The van der Waals surface area contributed by atoms with Crippen LogP contribution in [0.15, 0.2) is 24.3 Å². The molecule has 1 aromatic carbocycles. The zero-order chi connectivity index (χ0) is 13.4. The van der Waals surface area contributed by atoms with Gasteiger partial charge in [-0.05, 0) is 44.5 Å². The smallest absolute Gasteiger partial charge is 0.303 e. The van der Waals surface area contributed by atoms with E-state index in [-0.39, 0.29) is 12.5 Å². The zero-order valence-corrected chi connectivity index (χ0v) is 11.0. The van der Waals surface area contributed by atoms with Crippen LogP contribution in [-0.4, -0.2) is 24.2 Å². The van der Waals surface area contributed by atoms with Gasteiger partial charge in [0.05, 0.1) is 6.61 Å². The molecule has 0 aliphatic carbocycles. The van der Waals surface area contributed by atoms with Crippen LogP contribution in [0.4, 0.5) is 0 Å². The normalized spacial score (nSPS) is 12.1. The van der Waals surface area contributed by atoms with E-state index in [1.54, 1.807) is 0 Å². The molecule has 18 heavy (non-hydrogen) atoms. The summed E-state index contributed by atoms with van der Waals surface area (Å²) in [6.45, 7) is 5.40. The maximum Gasteiger partial charge on any atom is 0.303 e. The number of hydrogen-bond donors (Lipinski definition) is 2. The van der Waals surface area contributed by atoms with E-state index in [1.165, 1.54) is 5.56 Å². The summed E-state index contributed by atoms with van der Waals surface area (Å²) < 4.78 is 5.38. The molecule has 1 aromatic rings. The molecule has 0 saturated carbocycles. The van der Waals surface area contributed by atoms with Crippen molar-refractivity contribution < 1.29 is 14.6 Å². The summed E-state index contributed by atoms with van der Waals surface area (Å²) in [5.74, 6) is 0.129. The van der Waals surface area contributed by atoms with Gasteiger partial charge in [0, 0.05) is 12.5 Å². The minimum atomic E-state index is -0.745. The van der Waals surface area contributed by atoms with Crippen molar-refractivity contribution in [2.75, 3.05) is 13.2 Å². The lowest BCUT2D eigenvalue weighted by molar-refractivity contribution is -0.137. The fourth-order valence-electron chi connectivity index (χ4n) is 1.70. The van der Waals surface area contributed by atoms with Crippen molar-refractivity contribution in [3.8, 4) is 5.75 Å². The van der Waals surface area contributed by atoms with Gasteiger partial charge in [0.15, 0.2) is 0 Å². The molecule has 4 heteroatoms. The lowest BCUT2D eigenvalue weighted by Gasteiger charge is -2.14. The van der Waals surface area contributed by atoms with Crippen molar-refractivity contribution in [2.45, 2.75) is 32.7 Å². The molecular formula is C14H21NO3. The standard InChI is InChI=1S/C14H21NO3/c1-3-18-13-8-6-12(7-9-13)11(2)15-10-4-5-14(16)17/h6-9,11,15H,3-5,10H2,1-2H3,(H,16,17). The van der Waals surface area contributed by atoms with Crippen LogP contribution in [0.5, 0.6) is 5.75 Å². The molecule has 0 amide bonds. The first-order valence-electron chi connectivity index (χ1n) is 6.31. The zero-order valence-electron chi connectivity index (χ0n) is 11.0. The first kappa shape index (κ1) is 14.5. The van der Waals surface area contributed by atoms with Crippen LogP contribution in [0.1, 0.15) is 38.3 Å². The number of nitrogens with one attached hydrogen (secondary N) is 1. The van der Waals surface area contributed by atoms with Crippen LogP contribution in [0.3, 0.4) is 0 Å². The fraction of sp³-hybridized carbons (Fsp3) is 0.500. The number of carboxylic acids is 1. The van der Waals surface area contributed by atoms with Crippen molar-refractivity contribution in [3.63, 3.8) is 0 Å². The molecule has 4 nitrogen and oxygen atoms in total. The summed E-state index contributed by atoms with van der Waals surface area (Å²) in [7, 11) is 0. The van der Waals surface area contributed by atoms with Gasteiger partial charge in [0.1, 0.15) is 5.75 Å². The van der Waals surface area contributed by atoms with E-state index >= 15 is 0 Å². The number of carbonyl (C=O) groups is 1. The van der Waals surface area contributed by atoms with Crippen molar-refractivity contribution in [1.82, 2.24) is 5.32 Å². The second-order valence-corrected chi connectivity index (χ2v) is 4.18. The van der Waals surface area contributed by atoms with Gasteiger partial charge in [-0.15, -0.1) is 0 Å². The summed E-state index contributed by atoms with van der Waals surface area (Å²) >= 11 is 0. The maximum atomic E-state index is 10.4. The predicted octanol–water partition coefficient (Wildman–Crippen LogP) is 2.60. The third kappa shape index (κ3) is 5.19. The van der Waals surface area contributed by atoms with Crippen molar-refractivity contribution in [3.05, 3.63) is 29.8 Å². The Morgan fingerprint density at radius 3 is 2.61 bits per heavy atom. The highest BCUT2D eigenvalue weighted by Gasteiger charge is 2.05. The molecule has 100 valence electrons. The van der Waals surface area contributed by atoms with Crippen LogP contribution < -0.4 is 10.1 Å².